The summed E-state index contributed by atoms with van der Waals surface area (Å²) in [5, 5.41) is 9.78. The molecular formula is C26H47NO. The lowest BCUT2D eigenvalue weighted by Crippen LogP contribution is -2.31. The van der Waals surface area contributed by atoms with Crippen molar-refractivity contribution < 1.29 is 4.74 Å². The minimum atomic E-state index is -0.0391. The fourth-order valence-corrected chi connectivity index (χ4v) is 5.44. The van der Waals surface area contributed by atoms with E-state index in [4.69, 9.17) is 4.74 Å². The molecule has 162 valence electrons. The molecule has 0 N–H and O–H groups in total. The average molecular weight is 390 g/mol. The van der Waals surface area contributed by atoms with E-state index in [1.165, 1.54) is 83.5 Å². The van der Waals surface area contributed by atoms with Crippen molar-refractivity contribution in [3.63, 3.8) is 0 Å². The lowest BCUT2D eigenvalue weighted by Gasteiger charge is -2.36. The second-order valence-corrected chi connectivity index (χ2v) is 9.97. The minimum absolute atomic E-state index is 0.0391. The molecule has 0 atom stereocenters. The molecule has 0 aromatic carbocycles. The second kappa shape index (κ2) is 13.6. The standard InChI is InChI=1S/C26H47NO/c1-3-5-7-8-10-18-26(22-27)19-16-25(17-20-26)28-21-24-14-12-23(13-15-24)11-9-6-4-2/h23-25H,3-21H2,1-2H3/t23-,24-,25-,26-. The summed E-state index contributed by atoms with van der Waals surface area (Å²) in [5.74, 6) is 1.79. The predicted molar refractivity (Wildman–Crippen MR) is 119 cm³/mol. The van der Waals surface area contributed by atoms with Gasteiger partial charge in [-0.05, 0) is 56.8 Å². The van der Waals surface area contributed by atoms with E-state index in [1.807, 2.05) is 0 Å². The highest BCUT2D eigenvalue weighted by atomic mass is 16.5. The Hall–Kier alpha value is -0.550. The third-order valence-corrected chi connectivity index (χ3v) is 7.64. The van der Waals surface area contributed by atoms with Gasteiger partial charge in [-0.2, -0.15) is 5.26 Å². The smallest absolute Gasteiger partial charge is 0.0689 e. The first-order valence-electron chi connectivity index (χ1n) is 12.7. The maximum atomic E-state index is 9.78. The van der Waals surface area contributed by atoms with Crippen LogP contribution in [0.15, 0.2) is 0 Å². The Morgan fingerprint density at radius 1 is 0.786 bits per heavy atom. The molecule has 2 fully saturated rings. The fraction of sp³-hybridized carbons (Fsp3) is 0.962. The third kappa shape index (κ3) is 8.44. The van der Waals surface area contributed by atoms with Crippen LogP contribution in [0.3, 0.4) is 0 Å². The second-order valence-electron chi connectivity index (χ2n) is 9.97. The van der Waals surface area contributed by atoms with Crippen molar-refractivity contribution in [3.8, 4) is 6.07 Å². The summed E-state index contributed by atoms with van der Waals surface area (Å²) in [5.41, 5.74) is -0.0391. The molecule has 0 heterocycles. The van der Waals surface area contributed by atoms with Gasteiger partial charge in [-0.15, -0.1) is 0 Å². The van der Waals surface area contributed by atoms with Crippen molar-refractivity contribution in [2.45, 2.75) is 136 Å². The molecule has 0 aromatic heterocycles. The van der Waals surface area contributed by atoms with Gasteiger partial charge in [0.15, 0.2) is 0 Å². The molecule has 2 saturated carbocycles. The lowest BCUT2D eigenvalue weighted by atomic mass is 9.71. The molecule has 0 bridgehead atoms. The van der Waals surface area contributed by atoms with E-state index >= 15 is 0 Å². The van der Waals surface area contributed by atoms with Crippen LogP contribution in [-0.2, 0) is 4.74 Å². The SMILES string of the molecule is CCCCCCC[C@]1(C#N)CC[C@H](OC[C@H]2CC[C@H](CCCCC)CC2)CC1. The Balaban J connectivity index is 1.57. The summed E-state index contributed by atoms with van der Waals surface area (Å²) in [6.07, 6.45) is 23.6. The molecule has 0 saturated heterocycles. The van der Waals surface area contributed by atoms with E-state index in [0.717, 1.165) is 50.5 Å². The highest BCUT2D eigenvalue weighted by Gasteiger charge is 2.35. The molecule has 0 amide bonds. The molecule has 2 aliphatic carbocycles. The number of nitrogens with zero attached hydrogens (tertiary/aromatic N) is 1. The van der Waals surface area contributed by atoms with Crippen molar-refractivity contribution >= 4 is 0 Å². The van der Waals surface area contributed by atoms with Crippen molar-refractivity contribution in [1.82, 2.24) is 0 Å². The van der Waals surface area contributed by atoms with Crippen LogP contribution >= 0.6 is 0 Å². The number of ether oxygens (including phenoxy) is 1. The first-order valence-corrected chi connectivity index (χ1v) is 12.7. The van der Waals surface area contributed by atoms with Crippen LogP contribution < -0.4 is 0 Å². The summed E-state index contributed by atoms with van der Waals surface area (Å²) in [6, 6.07) is 2.70. The summed E-state index contributed by atoms with van der Waals surface area (Å²) in [6.45, 7) is 5.54. The minimum Gasteiger partial charge on any atom is -0.378 e. The molecule has 28 heavy (non-hydrogen) atoms. The summed E-state index contributed by atoms with van der Waals surface area (Å²) >= 11 is 0. The maximum absolute atomic E-state index is 9.78. The van der Waals surface area contributed by atoms with Crippen LogP contribution in [0.5, 0.6) is 0 Å². The Kier molecular flexibility index (Phi) is 11.6. The predicted octanol–water partition coefficient (Wildman–Crippen LogP) is 8.20. The number of nitriles is 1. The van der Waals surface area contributed by atoms with E-state index in [2.05, 4.69) is 19.9 Å². The highest BCUT2D eigenvalue weighted by molar-refractivity contribution is 5.01. The van der Waals surface area contributed by atoms with Gasteiger partial charge in [-0.25, -0.2) is 0 Å². The largest absolute Gasteiger partial charge is 0.378 e. The van der Waals surface area contributed by atoms with Gasteiger partial charge in [0.05, 0.1) is 17.6 Å². The van der Waals surface area contributed by atoms with Crippen LogP contribution in [0.4, 0.5) is 0 Å². The van der Waals surface area contributed by atoms with Gasteiger partial charge in [0.25, 0.3) is 0 Å². The zero-order valence-corrected chi connectivity index (χ0v) is 19.0. The molecule has 0 radical (unpaired) electrons. The van der Waals surface area contributed by atoms with Crippen molar-refractivity contribution in [2.24, 2.45) is 17.3 Å². The number of hydrogen-bond acceptors (Lipinski definition) is 2. The lowest BCUT2D eigenvalue weighted by molar-refractivity contribution is -0.0185. The molecule has 2 aliphatic rings. The van der Waals surface area contributed by atoms with Crippen LogP contribution in [0.2, 0.25) is 0 Å². The molecule has 0 spiro atoms. The van der Waals surface area contributed by atoms with E-state index in [1.54, 1.807) is 0 Å². The summed E-state index contributed by atoms with van der Waals surface area (Å²) in [4.78, 5) is 0. The monoisotopic (exact) mass is 389 g/mol. The quantitative estimate of drug-likeness (QED) is 0.297. The molecule has 0 aromatic rings. The molecule has 2 nitrogen and oxygen atoms in total. The van der Waals surface area contributed by atoms with Gasteiger partial charge < -0.3 is 4.74 Å². The Bertz CT molecular complexity index is 424. The van der Waals surface area contributed by atoms with Crippen LogP contribution in [0, 0.1) is 28.6 Å². The summed E-state index contributed by atoms with van der Waals surface area (Å²) in [7, 11) is 0. The Morgan fingerprint density at radius 2 is 1.39 bits per heavy atom. The van der Waals surface area contributed by atoms with Gasteiger partial charge in [0, 0.05) is 6.61 Å². The first-order chi connectivity index (χ1) is 13.7. The fourth-order valence-electron chi connectivity index (χ4n) is 5.44. The van der Waals surface area contributed by atoms with Crippen molar-refractivity contribution in [2.75, 3.05) is 6.61 Å². The van der Waals surface area contributed by atoms with Crippen LogP contribution in [-0.4, -0.2) is 12.7 Å². The number of rotatable bonds is 13. The third-order valence-electron chi connectivity index (χ3n) is 7.64. The van der Waals surface area contributed by atoms with E-state index < -0.39 is 0 Å². The average Bonchev–Trinajstić information content (AvgIpc) is 2.74. The van der Waals surface area contributed by atoms with E-state index in [9.17, 15) is 5.26 Å². The first kappa shape index (κ1) is 23.7. The molecular weight excluding hydrogens is 342 g/mol. The number of unbranched alkanes of at least 4 members (excludes halogenated alkanes) is 6. The molecule has 0 unspecified atom stereocenters. The normalized spacial score (nSPS) is 30.8. The van der Waals surface area contributed by atoms with E-state index in [0.29, 0.717) is 6.10 Å². The van der Waals surface area contributed by atoms with Crippen LogP contribution in [0.25, 0.3) is 0 Å². The van der Waals surface area contributed by atoms with Crippen molar-refractivity contribution in [3.05, 3.63) is 0 Å². The van der Waals surface area contributed by atoms with Gasteiger partial charge >= 0.3 is 0 Å². The van der Waals surface area contributed by atoms with Gasteiger partial charge in [-0.3, -0.25) is 0 Å². The Morgan fingerprint density at radius 3 is 2.04 bits per heavy atom. The van der Waals surface area contributed by atoms with E-state index in [-0.39, 0.29) is 5.41 Å². The highest BCUT2D eigenvalue weighted by Crippen LogP contribution is 2.41. The van der Waals surface area contributed by atoms with Crippen LogP contribution in [0.1, 0.15) is 129 Å². The number of hydrogen-bond donors (Lipinski definition) is 0. The Labute approximate surface area is 175 Å². The molecule has 0 aliphatic heterocycles. The zero-order valence-electron chi connectivity index (χ0n) is 19.0. The van der Waals surface area contributed by atoms with Gasteiger partial charge in [0.1, 0.15) is 0 Å². The topological polar surface area (TPSA) is 33.0 Å². The zero-order chi connectivity index (χ0) is 20.1. The maximum Gasteiger partial charge on any atom is 0.0689 e. The summed E-state index contributed by atoms with van der Waals surface area (Å²) < 4.78 is 6.34. The van der Waals surface area contributed by atoms with Gasteiger partial charge in [-0.1, -0.05) is 84.5 Å². The molecule has 2 rings (SSSR count). The van der Waals surface area contributed by atoms with Gasteiger partial charge in [0.2, 0.25) is 0 Å². The van der Waals surface area contributed by atoms with Crippen molar-refractivity contribution in [1.29, 1.82) is 5.26 Å². The molecule has 2 heteroatoms.